The van der Waals surface area contributed by atoms with Crippen molar-refractivity contribution in [2.24, 2.45) is 16.0 Å². The molecule has 0 fully saturated rings. The molecule has 0 radical (unpaired) electrons. The number of amides is 1. The Kier molecular flexibility index (Phi) is 6.42. The van der Waals surface area contributed by atoms with E-state index < -0.39 is 21.8 Å². The lowest BCUT2D eigenvalue weighted by Crippen LogP contribution is -2.30. The molecule has 2 aromatic rings. The van der Waals surface area contributed by atoms with Crippen molar-refractivity contribution in [2.45, 2.75) is 25.7 Å². The first-order valence-electron chi connectivity index (χ1n) is 9.57. The van der Waals surface area contributed by atoms with Gasteiger partial charge in [0.05, 0.1) is 22.0 Å². The van der Waals surface area contributed by atoms with Crippen LogP contribution in [0.4, 0.5) is 15.8 Å². The van der Waals surface area contributed by atoms with Crippen LogP contribution in [0.15, 0.2) is 63.5 Å². The summed E-state index contributed by atoms with van der Waals surface area (Å²) in [5.74, 6) is -1.33. The van der Waals surface area contributed by atoms with Crippen molar-refractivity contribution in [1.82, 2.24) is 4.31 Å². The molecular weight excluding hydrogens is 407 g/mol. The summed E-state index contributed by atoms with van der Waals surface area (Å²) in [6, 6.07) is 11.7. The number of aliphatic imine (C=N–C) groups is 1. The van der Waals surface area contributed by atoms with Gasteiger partial charge in [-0.15, -0.1) is 0 Å². The highest BCUT2D eigenvalue weighted by Crippen LogP contribution is 2.25. The molecule has 3 rings (SSSR count). The van der Waals surface area contributed by atoms with Gasteiger partial charge in [0.25, 0.3) is 5.91 Å². The zero-order valence-corrected chi connectivity index (χ0v) is 17.8. The number of benzene rings is 2. The summed E-state index contributed by atoms with van der Waals surface area (Å²) < 4.78 is 39.6. The fourth-order valence-corrected chi connectivity index (χ4v) is 4.55. The van der Waals surface area contributed by atoms with Crippen LogP contribution in [0.1, 0.15) is 20.8 Å². The number of carbonyl (C=O) groups excluding carboxylic acids is 1. The molecule has 30 heavy (non-hydrogen) atoms. The SMILES string of the molecule is CCN(CC)S(=O)(=O)c1ccc(N=CC2C(=O)N(c3ccc(F)cc3)N=C2C)cc1. The van der Waals surface area contributed by atoms with Gasteiger partial charge < -0.3 is 0 Å². The van der Waals surface area contributed by atoms with Crippen molar-refractivity contribution >= 4 is 39.2 Å². The molecule has 0 saturated carbocycles. The Hall–Kier alpha value is -2.91. The highest BCUT2D eigenvalue weighted by Gasteiger charge is 2.33. The summed E-state index contributed by atoms with van der Waals surface area (Å²) in [5.41, 5.74) is 1.56. The first-order chi connectivity index (χ1) is 14.3. The van der Waals surface area contributed by atoms with E-state index in [9.17, 15) is 17.6 Å². The molecular formula is C21H23FN4O3S. The van der Waals surface area contributed by atoms with Crippen molar-refractivity contribution in [2.75, 3.05) is 18.1 Å². The van der Waals surface area contributed by atoms with E-state index in [0.29, 0.717) is 30.2 Å². The van der Waals surface area contributed by atoms with Crippen LogP contribution in [-0.2, 0) is 14.8 Å². The lowest BCUT2D eigenvalue weighted by Gasteiger charge is -2.18. The molecule has 0 spiro atoms. The number of halogens is 1. The van der Waals surface area contributed by atoms with E-state index in [-0.39, 0.29) is 10.8 Å². The molecule has 9 heteroatoms. The minimum atomic E-state index is -3.53. The van der Waals surface area contributed by atoms with E-state index >= 15 is 0 Å². The maximum Gasteiger partial charge on any atom is 0.261 e. The molecule has 158 valence electrons. The minimum Gasteiger partial charge on any atom is -0.271 e. The molecule has 1 aliphatic heterocycles. The predicted molar refractivity (Wildman–Crippen MR) is 115 cm³/mol. The van der Waals surface area contributed by atoms with Crippen LogP contribution >= 0.6 is 0 Å². The predicted octanol–water partition coefficient (Wildman–Crippen LogP) is 3.60. The molecule has 0 aromatic heterocycles. The van der Waals surface area contributed by atoms with Crippen molar-refractivity contribution < 1.29 is 17.6 Å². The summed E-state index contributed by atoms with van der Waals surface area (Å²) in [6.45, 7) is 6.09. The third-order valence-electron chi connectivity index (χ3n) is 4.81. The molecule has 7 nitrogen and oxygen atoms in total. The van der Waals surface area contributed by atoms with Gasteiger partial charge in [-0.3, -0.25) is 9.79 Å². The molecule has 0 saturated heterocycles. The van der Waals surface area contributed by atoms with Crippen molar-refractivity contribution in [3.63, 3.8) is 0 Å². The first-order valence-corrected chi connectivity index (χ1v) is 11.0. The molecule has 2 aromatic carbocycles. The van der Waals surface area contributed by atoms with Gasteiger partial charge in [-0.1, -0.05) is 13.8 Å². The molecule has 1 heterocycles. The summed E-state index contributed by atoms with van der Waals surface area (Å²) in [4.78, 5) is 17.2. The van der Waals surface area contributed by atoms with Crippen LogP contribution in [0.2, 0.25) is 0 Å². The number of hydrogen-bond donors (Lipinski definition) is 0. The molecule has 0 bridgehead atoms. The van der Waals surface area contributed by atoms with Gasteiger partial charge in [-0.2, -0.15) is 14.4 Å². The van der Waals surface area contributed by atoms with Crippen LogP contribution in [0, 0.1) is 11.7 Å². The van der Waals surface area contributed by atoms with Crippen molar-refractivity contribution in [3.05, 3.63) is 54.3 Å². The summed E-state index contributed by atoms with van der Waals surface area (Å²) in [6.07, 6.45) is 1.48. The molecule has 0 aliphatic carbocycles. The smallest absolute Gasteiger partial charge is 0.261 e. The maximum atomic E-state index is 13.1. The maximum absolute atomic E-state index is 13.1. The third-order valence-corrected chi connectivity index (χ3v) is 6.87. The van der Waals surface area contributed by atoms with Gasteiger partial charge in [0, 0.05) is 19.3 Å². The summed E-state index contributed by atoms with van der Waals surface area (Å²) >= 11 is 0. The zero-order valence-electron chi connectivity index (χ0n) is 17.0. The quantitative estimate of drug-likeness (QED) is 0.630. The van der Waals surface area contributed by atoms with Crippen molar-refractivity contribution in [3.8, 4) is 0 Å². The average Bonchev–Trinajstić information content (AvgIpc) is 3.01. The second-order valence-electron chi connectivity index (χ2n) is 6.71. The Morgan fingerprint density at radius 2 is 1.70 bits per heavy atom. The van der Waals surface area contributed by atoms with Gasteiger partial charge in [-0.25, -0.2) is 12.8 Å². The number of hydrogen-bond acceptors (Lipinski definition) is 5. The fourth-order valence-electron chi connectivity index (χ4n) is 3.10. The lowest BCUT2D eigenvalue weighted by atomic mass is 10.1. The normalized spacial score (nSPS) is 17.2. The van der Waals surface area contributed by atoms with E-state index in [1.807, 2.05) is 0 Å². The average molecular weight is 431 g/mol. The van der Waals surface area contributed by atoms with Gasteiger partial charge >= 0.3 is 0 Å². The minimum absolute atomic E-state index is 0.197. The van der Waals surface area contributed by atoms with E-state index in [1.54, 1.807) is 32.9 Å². The number of rotatable bonds is 7. The Labute approximate surface area is 175 Å². The monoisotopic (exact) mass is 430 g/mol. The van der Waals surface area contributed by atoms with Gasteiger partial charge in [0.15, 0.2) is 0 Å². The number of nitrogens with zero attached hydrogens (tertiary/aromatic N) is 4. The number of carbonyl (C=O) groups is 1. The lowest BCUT2D eigenvalue weighted by molar-refractivity contribution is -0.118. The van der Waals surface area contributed by atoms with Crippen LogP contribution in [0.3, 0.4) is 0 Å². The molecule has 1 aliphatic rings. The van der Waals surface area contributed by atoms with E-state index in [0.717, 1.165) is 0 Å². The Bertz CT molecular complexity index is 1080. The Morgan fingerprint density at radius 3 is 2.27 bits per heavy atom. The third kappa shape index (κ3) is 4.31. The molecule has 1 amide bonds. The molecule has 0 N–H and O–H groups in total. The topological polar surface area (TPSA) is 82.4 Å². The zero-order chi connectivity index (χ0) is 21.9. The van der Waals surface area contributed by atoms with Gasteiger partial charge in [0.1, 0.15) is 11.7 Å². The van der Waals surface area contributed by atoms with Crippen LogP contribution in [0.5, 0.6) is 0 Å². The Balaban J connectivity index is 1.75. The van der Waals surface area contributed by atoms with Gasteiger partial charge in [-0.05, 0) is 55.5 Å². The number of anilines is 1. The second kappa shape index (κ2) is 8.85. The fraction of sp³-hybridized carbons (Fsp3) is 0.286. The largest absolute Gasteiger partial charge is 0.271 e. The van der Waals surface area contributed by atoms with Crippen molar-refractivity contribution in [1.29, 1.82) is 0 Å². The number of hydrazone groups is 1. The van der Waals surface area contributed by atoms with E-state index in [4.69, 9.17) is 0 Å². The first kappa shape index (κ1) is 21.8. The van der Waals surface area contributed by atoms with Crippen LogP contribution < -0.4 is 5.01 Å². The molecule has 1 atom stereocenters. The second-order valence-corrected chi connectivity index (χ2v) is 8.64. The Morgan fingerprint density at radius 1 is 1.10 bits per heavy atom. The van der Waals surface area contributed by atoms with E-state index in [1.165, 1.54) is 51.9 Å². The highest BCUT2D eigenvalue weighted by molar-refractivity contribution is 7.89. The summed E-state index contributed by atoms with van der Waals surface area (Å²) in [5, 5.41) is 5.48. The van der Waals surface area contributed by atoms with Crippen LogP contribution in [0.25, 0.3) is 0 Å². The van der Waals surface area contributed by atoms with Gasteiger partial charge in [0.2, 0.25) is 10.0 Å². The van der Waals surface area contributed by atoms with Crippen LogP contribution in [-0.4, -0.2) is 43.6 Å². The highest BCUT2D eigenvalue weighted by atomic mass is 32.2. The molecule has 1 unspecified atom stereocenters. The van der Waals surface area contributed by atoms with E-state index in [2.05, 4.69) is 10.1 Å². The standard InChI is InChI=1S/C21H23FN4O3S/c1-4-25(5-2)30(28,29)19-12-8-17(9-13-19)23-14-20-15(3)24-26(21(20)27)18-10-6-16(22)7-11-18/h6-14,20H,4-5H2,1-3H3. The number of sulfonamides is 1. The summed E-state index contributed by atoms with van der Waals surface area (Å²) in [7, 11) is -3.53.